The van der Waals surface area contributed by atoms with Crippen LogP contribution in [0.25, 0.3) is 0 Å². The van der Waals surface area contributed by atoms with Gasteiger partial charge < -0.3 is 5.32 Å². The third kappa shape index (κ3) is 3.91. The minimum Gasteiger partial charge on any atom is -0.330 e. The fourth-order valence-corrected chi connectivity index (χ4v) is 3.72. The van der Waals surface area contributed by atoms with E-state index in [0.29, 0.717) is 0 Å². The molecule has 1 fully saturated rings. The predicted molar refractivity (Wildman–Crippen MR) is 90.6 cm³/mol. The fourth-order valence-electron chi connectivity index (χ4n) is 2.71. The van der Waals surface area contributed by atoms with Crippen LogP contribution >= 0.6 is 23.6 Å². The van der Waals surface area contributed by atoms with Crippen molar-refractivity contribution in [2.75, 3.05) is 18.4 Å². The van der Waals surface area contributed by atoms with E-state index in [9.17, 15) is 4.39 Å². The van der Waals surface area contributed by atoms with Crippen LogP contribution in [0.1, 0.15) is 19.8 Å². The van der Waals surface area contributed by atoms with Gasteiger partial charge in [-0.2, -0.15) is 0 Å². The summed E-state index contributed by atoms with van der Waals surface area (Å²) in [5.74, 6) is 0.487. The Hall–Kier alpha value is -1.31. The highest BCUT2D eigenvalue weighted by Crippen LogP contribution is 2.22. The van der Waals surface area contributed by atoms with Gasteiger partial charge in [-0.25, -0.2) is 9.07 Å². The first-order valence-electron chi connectivity index (χ1n) is 7.43. The zero-order chi connectivity index (χ0) is 15.5. The topological polar surface area (TPSA) is 33.1 Å². The molecular formula is C15H19FN4S2. The minimum absolute atomic E-state index is 0.247. The van der Waals surface area contributed by atoms with Crippen LogP contribution < -0.4 is 5.32 Å². The number of anilines is 2. The first-order chi connectivity index (χ1) is 10.6. The lowest BCUT2D eigenvalue weighted by molar-refractivity contribution is 0.138. The lowest BCUT2D eigenvalue weighted by Crippen LogP contribution is -2.36. The minimum atomic E-state index is -0.247. The summed E-state index contributed by atoms with van der Waals surface area (Å²) in [5.41, 5.74) is 0.809. The molecule has 1 atom stereocenters. The van der Waals surface area contributed by atoms with E-state index in [0.717, 1.165) is 40.4 Å². The van der Waals surface area contributed by atoms with Gasteiger partial charge >= 0.3 is 0 Å². The molecule has 0 saturated carbocycles. The van der Waals surface area contributed by atoms with Crippen LogP contribution in [0, 0.1) is 15.7 Å². The molecule has 0 aliphatic carbocycles. The highest BCUT2D eigenvalue weighted by Gasteiger charge is 2.17. The Morgan fingerprint density at radius 2 is 2.18 bits per heavy atom. The van der Waals surface area contributed by atoms with Crippen molar-refractivity contribution in [3.05, 3.63) is 34.0 Å². The summed E-state index contributed by atoms with van der Waals surface area (Å²) in [7, 11) is 0. The van der Waals surface area contributed by atoms with Gasteiger partial charge in [0.2, 0.25) is 5.13 Å². The standard InChI is InChI=1S/C15H19FN4S2/c1-11-3-2-8-19(9-11)10-20-15(21)22-14(18-20)17-13-6-4-12(16)5-7-13/h4-7,11H,2-3,8-10H2,1H3,(H,17,18)/t11-/m1/s1. The molecule has 0 radical (unpaired) electrons. The monoisotopic (exact) mass is 338 g/mol. The number of aromatic nitrogens is 2. The van der Waals surface area contributed by atoms with Gasteiger partial charge in [-0.3, -0.25) is 4.90 Å². The maximum atomic E-state index is 12.9. The zero-order valence-corrected chi connectivity index (χ0v) is 14.1. The fraction of sp³-hybridized carbons (Fsp3) is 0.467. The number of hydrogen-bond donors (Lipinski definition) is 1. The molecule has 0 unspecified atom stereocenters. The van der Waals surface area contributed by atoms with Gasteiger partial charge in [0.25, 0.3) is 0 Å². The van der Waals surface area contributed by atoms with E-state index in [1.54, 1.807) is 12.1 Å². The van der Waals surface area contributed by atoms with Crippen LogP contribution in [0.15, 0.2) is 24.3 Å². The van der Waals surface area contributed by atoms with Gasteiger partial charge in [0, 0.05) is 12.2 Å². The van der Waals surface area contributed by atoms with E-state index in [1.807, 2.05) is 4.68 Å². The van der Waals surface area contributed by atoms with E-state index in [1.165, 1.54) is 36.3 Å². The summed E-state index contributed by atoms with van der Waals surface area (Å²) >= 11 is 6.84. The summed E-state index contributed by atoms with van der Waals surface area (Å²) in [6.07, 6.45) is 2.54. The Morgan fingerprint density at radius 3 is 2.91 bits per heavy atom. The second-order valence-corrected chi connectivity index (χ2v) is 7.39. The van der Waals surface area contributed by atoms with E-state index in [-0.39, 0.29) is 5.82 Å². The molecular weight excluding hydrogens is 319 g/mol. The number of likely N-dealkylation sites (tertiary alicyclic amines) is 1. The summed E-state index contributed by atoms with van der Waals surface area (Å²) in [6, 6.07) is 6.23. The molecule has 3 rings (SSSR count). The van der Waals surface area contributed by atoms with Gasteiger partial charge in [-0.05, 0) is 61.8 Å². The van der Waals surface area contributed by atoms with E-state index in [4.69, 9.17) is 12.2 Å². The summed E-state index contributed by atoms with van der Waals surface area (Å²) < 4.78 is 15.5. The molecule has 0 spiro atoms. The third-order valence-electron chi connectivity index (χ3n) is 3.78. The van der Waals surface area contributed by atoms with Crippen molar-refractivity contribution in [2.24, 2.45) is 5.92 Å². The Balaban J connectivity index is 1.68. The van der Waals surface area contributed by atoms with Crippen LogP contribution in [0.3, 0.4) is 0 Å². The summed E-state index contributed by atoms with van der Waals surface area (Å²) in [4.78, 5) is 2.39. The van der Waals surface area contributed by atoms with Gasteiger partial charge in [0.15, 0.2) is 3.95 Å². The van der Waals surface area contributed by atoms with Crippen molar-refractivity contribution >= 4 is 34.4 Å². The largest absolute Gasteiger partial charge is 0.330 e. The maximum Gasteiger partial charge on any atom is 0.209 e. The molecule has 1 saturated heterocycles. The van der Waals surface area contributed by atoms with Crippen molar-refractivity contribution in [3.8, 4) is 0 Å². The van der Waals surface area contributed by atoms with Crippen molar-refractivity contribution in [1.82, 2.24) is 14.7 Å². The second-order valence-electron chi connectivity index (χ2n) is 5.77. The van der Waals surface area contributed by atoms with Crippen molar-refractivity contribution in [1.29, 1.82) is 0 Å². The van der Waals surface area contributed by atoms with Gasteiger partial charge in [-0.1, -0.05) is 18.3 Å². The van der Waals surface area contributed by atoms with E-state index in [2.05, 4.69) is 22.2 Å². The first kappa shape index (κ1) is 15.6. The Kier molecular flexibility index (Phi) is 4.85. The molecule has 2 heterocycles. The molecule has 1 aromatic carbocycles. The number of hydrogen-bond acceptors (Lipinski definition) is 5. The summed E-state index contributed by atoms with van der Waals surface area (Å²) in [5, 5.41) is 8.44. The van der Waals surface area contributed by atoms with E-state index < -0.39 is 0 Å². The summed E-state index contributed by atoms with van der Waals surface area (Å²) in [6.45, 7) is 5.23. The SMILES string of the molecule is C[C@@H]1CCCN(Cn2nc(Nc3ccc(F)cc3)sc2=S)C1. The van der Waals surface area contributed by atoms with Crippen molar-refractivity contribution in [3.63, 3.8) is 0 Å². The normalized spacial score (nSPS) is 19.3. The molecule has 1 aliphatic rings. The highest BCUT2D eigenvalue weighted by molar-refractivity contribution is 7.73. The van der Waals surface area contributed by atoms with Crippen LogP contribution in [0.4, 0.5) is 15.2 Å². The molecule has 1 aliphatic heterocycles. The zero-order valence-electron chi connectivity index (χ0n) is 12.5. The molecule has 1 aromatic heterocycles. The number of rotatable bonds is 4. The first-order valence-corrected chi connectivity index (χ1v) is 8.65. The number of piperidine rings is 1. The van der Waals surface area contributed by atoms with Crippen LogP contribution in [0.2, 0.25) is 0 Å². The number of halogens is 1. The highest BCUT2D eigenvalue weighted by atomic mass is 32.1. The van der Waals surface area contributed by atoms with Gasteiger partial charge in [0.1, 0.15) is 5.82 Å². The number of benzene rings is 1. The number of nitrogens with one attached hydrogen (secondary N) is 1. The van der Waals surface area contributed by atoms with Gasteiger partial charge in [0.05, 0.1) is 6.67 Å². The third-order valence-corrected chi connectivity index (χ3v) is 5.00. The molecule has 0 bridgehead atoms. The molecule has 118 valence electrons. The predicted octanol–water partition coefficient (Wildman–Crippen LogP) is 4.25. The average Bonchev–Trinajstić information content (AvgIpc) is 2.81. The molecule has 0 amide bonds. The maximum absolute atomic E-state index is 12.9. The van der Waals surface area contributed by atoms with E-state index >= 15 is 0 Å². The average molecular weight is 338 g/mol. The second kappa shape index (κ2) is 6.85. The molecule has 2 aromatic rings. The van der Waals surface area contributed by atoms with Gasteiger partial charge in [-0.15, -0.1) is 5.10 Å². The quantitative estimate of drug-likeness (QED) is 0.845. The molecule has 1 N–H and O–H groups in total. The number of nitrogens with zero attached hydrogens (tertiary/aromatic N) is 3. The lowest BCUT2D eigenvalue weighted by Gasteiger charge is -2.30. The van der Waals surface area contributed by atoms with Crippen molar-refractivity contribution < 1.29 is 4.39 Å². The Labute approximate surface area is 138 Å². The molecule has 4 nitrogen and oxygen atoms in total. The smallest absolute Gasteiger partial charge is 0.209 e. The Morgan fingerprint density at radius 1 is 1.41 bits per heavy atom. The van der Waals surface area contributed by atoms with Crippen LogP contribution in [-0.4, -0.2) is 27.8 Å². The lowest BCUT2D eigenvalue weighted by atomic mass is 10.0. The van der Waals surface area contributed by atoms with Crippen molar-refractivity contribution in [2.45, 2.75) is 26.4 Å². The molecule has 7 heteroatoms. The Bertz CT molecular complexity index is 680. The van der Waals surface area contributed by atoms with Crippen LogP contribution in [-0.2, 0) is 6.67 Å². The van der Waals surface area contributed by atoms with Crippen LogP contribution in [0.5, 0.6) is 0 Å². The molecule has 22 heavy (non-hydrogen) atoms.